The molecule has 0 spiro atoms. The lowest BCUT2D eigenvalue weighted by Crippen LogP contribution is -2.04. The normalized spacial score (nSPS) is 11.7. The van der Waals surface area contributed by atoms with Crippen molar-refractivity contribution in [3.05, 3.63) is 54.1 Å². The van der Waals surface area contributed by atoms with Crippen LogP contribution >= 0.6 is 0 Å². The van der Waals surface area contributed by atoms with Crippen molar-refractivity contribution in [2.75, 3.05) is 0 Å². The van der Waals surface area contributed by atoms with Gasteiger partial charge in [0.05, 0.1) is 22.9 Å². The van der Waals surface area contributed by atoms with Gasteiger partial charge >= 0.3 is 0 Å². The van der Waals surface area contributed by atoms with E-state index >= 15 is 0 Å². The summed E-state index contributed by atoms with van der Waals surface area (Å²) in [6, 6.07) is 15.5. The highest BCUT2D eigenvalue weighted by atomic mass is 16.5. The Kier molecular flexibility index (Phi) is 4.06. The number of nitrogens with zero attached hydrogens (tertiary/aromatic N) is 2. The third kappa shape index (κ3) is 3.06. The van der Waals surface area contributed by atoms with Crippen LogP contribution in [0.25, 0.3) is 10.9 Å². The fourth-order valence-electron chi connectivity index (χ4n) is 2.56. The molecule has 1 N–H and O–H groups in total. The summed E-state index contributed by atoms with van der Waals surface area (Å²) in [6.45, 7) is 3.99. The highest BCUT2D eigenvalue weighted by Gasteiger charge is 2.11. The van der Waals surface area contributed by atoms with E-state index in [1.165, 1.54) is 0 Å². The van der Waals surface area contributed by atoms with E-state index in [9.17, 15) is 5.11 Å². The molecule has 0 fully saturated rings. The van der Waals surface area contributed by atoms with Crippen molar-refractivity contribution in [1.82, 2.24) is 4.57 Å². The third-order valence-corrected chi connectivity index (χ3v) is 3.67. The standard InChI is InChI=1S/C19H20N2O2/c1-13(2)23-15-10-8-14(9-11-15)20-12-17-16-6-4-5-7-18(16)21(3)19(17)22/h4-13,22H,1-3H3. The molecule has 1 aromatic heterocycles. The molecule has 2 aromatic carbocycles. The first kappa shape index (κ1) is 15.2. The SMILES string of the molecule is CC(C)Oc1ccc(N=Cc2c(O)n(C)c3ccccc23)cc1. The van der Waals surface area contributed by atoms with Crippen LogP contribution in [-0.2, 0) is 7.05 Å². The summed E-state index contributed by atoms with van der Waals surface area (Å²) in [5.41, 5.74) is 2.52. The molecule has 0 aliphatic carbocycles. The molecule has 23 heavy (non-hydrogen) atoms. The molecule has 0 bridgehead atoms. The molecule has 0 aliphatic heterocycles. The highest BCUT2D eigenvalue weighted by molar-refractivity contribution is 6.03. The summed E-state index contributed by atoms with van der Waals surface area (Å²) in [5, 5.41) is 11.3. The van der Waals surface area contributed by atoms with Crippen molar-refractivity contribution in [2.45, 2.75) is 20.0 Å². The molecule has 3 aromatic rings. The van der Waals surface area contributed by atoms with E-state index in [1.807, 2.05) is 69.4 Å². The number of aryl methyl sites for hydroxylation is 1. The van der Waals surface area contributed by atoms with Gasteiger partial charge in [0.15, 0.2) is 0 Å². The summed E-state index contributed by atoms with van der Waals surface area (Å²) in [7, 11) is 1.84. The topological polar surface area (TPSA) is 46.8 Å². The summed E-state index contributed by atoms with van der Waals surface area (Å²) in [4.78, 5) is 4.47. The Hall–Kier alpha value is -2.75. The van der Waals surface area contributed by atoms with Crippen LogP contribution in [0.4, 0.5) is 5.69 Å². The molecule has 0 aliphatic rings. The molecule has 4 heteroatoms. The lowest BCUT2D eigenvalue weighted by atomic mass is 10.2. The lowest BCUT2D eigenvalue weighted by Gasteiger charge is -2.08. The van der Waals surface area contributed by atoms with E-state index in [4.69, 9.17) is 4.74 Å². The van der Waals surface area contributed by atoms with Crippen molar-refractivity contribution in [2.24, 2.45) is 12.0 Å². The number of para-hydroxylation sites is 1. The van der Waals surface area contributed by atoms with Crippen molar-refractivity contribution in [1.29, 1.82) is 0 Å². The number of rotatable bonds is 4. The van der Waals surface area contributed by atoms with Gasteiger partial charge in [0.25, 0.3) is 0 Å². The number of aromatic nitrogens is 1. The van der Waals surface area contributed by atoms with E-state index in [-0.39, 0.29) is 12.0 Å². The predicted molar refractivity (Wildman–Crippen MR) is 94.0 cm³/mol. The zero-order chi connectivity index (χ0) is 16.4. The Balaban J connectivity index is 1.90. The Morgan fingerprint density at radius 2 is 1.78 bits per heavy atom. The van der Waals surface area contributed by atoms with Crippen molar-refractivity contribution in [3.63, 3.8) is 0 Å². The summed E-state index contributed by atoms with van der Waals surface area (Å²) in [5.74, 6) is 1.04. The van der Waals surface area contributed by atoms with E-state index in [2.05, 4.69) is 4.99 Å². The van der Waals surface area contributed by atoms with Crippen LogP contribution < -0.4 is 4.74 Å². The van der Waals surface area contributed by atoms with Gasteiger partial charge in [0, 0.05) is 18.6 Å². The summed E-state index contributed by atoms with van der Waals surface area (Å²) >= 11 is 0. The molecular formula is C19H20N2O2. The average molecular weight is 308 g/mol. The number of aliphatic imine (C=N–C) groups is 1. The average Bonchev–Trinajstić information content (AvgIpc) is 2.78. The predicted octanol–water partition coefficient (Wildman–Crippen LogP) is 4.42. The van der Waals surface area contributed by atoms with Gasteiger partial charge in [-0.25, -0.2) is 0 Å². The zero-order valence-electron chi connectivity index (χ0n) is 13.5. The second-order valence-corrected chi connectivity index (χ2v) is 5.73. The molecule has 118 valence electrons. The minimum atomic E-state index is 0.150. The zero-order valence-corrected chi connectivity index (χ0v) is 13.5. The number of benzene rings is 2. The van der Waals surface area contributed by atoms with E-state index < -0.39 is 0 Å². The smallest absolute Gasteiger partial charge is 0.200 e. The minimum absolute atomic E-state index is 0.150. The largest absolute Gasteiger partial charge is 0.494 e. The van der Waals surface area contributed by atoms with Crippen LogP contribution in [-0.4, -0.2) is 22.0 Å². The summed E-state index contributed by atoms with van der Waals surface area (Å²) < 4.78 is 7.38. The maximum atomic E-state index is 10.3. The van der Waals surface area contributed by atoms with Gasteiger partial charge in [-0.2, -0.15) is 0 Å². The van der Waals surface area contributed by atoms with Crippen molar-refractivity contribution >= 4 is 22.8 Å². The van der Waals surface area contributed by atoms with Crippen LogP contribution in [0.15, 0.2) is 53.5 Å². The van der Waals surface area contributed by atoms with Crippen molar-refractivity contribution in [3.8, 4) is 11.6 Å². The Morgan fingerprint density at radius 1 is 1.09 bits per heavy atom. The molecule has 1 heterocycles. The van der Waals surface area contributed by atoms with Gasteiger partial charge in [-0.15, -0.1) is 0 Å². The fraction of sp³-hybridized carbons (Fsp3) is 0.211. The van der Waals surface area contributed by atoms with E-state index in [0.717, 1.165) is 27.9 Å². The number of ether oxygens (including phenoxy) is 1. The second-order valence-electron chi connectivity index (χ2n) is 5.73. The van der Waals surface area contributed by atoms with E-state index in [0.29, 0.717) is 0 Å². The van der Waals surface area contributed by atoms with Gasteiger partial charge < -0.3 is 14.4 Å². The van der Waals surface area contributed by atoms with E-state index in [1.54, 1.807) is 10.8 Å². The van der Waals surface area contributed by atoms with Gasteiger partial charge in [0.2, 0.25) is 5.88 Å². The quantitative estimate of drug-likeness (QED) is 0.725. The van der Waals surface area contributed by atoms with Gasteiger partial charge in [-0.3, -0.25) is 4.99 Å². The Morgan fingerprint density at radius 3 is 2.48 bits per heavy atom. The molecule has 0 unspecified atom stereocenters. The fourth-order valence-corrected chi connectivity index (χ4v) is 2.56. The maximum absolute atomic E-state index is 10.3. The Labute approximate surface area is 135 Å². The third-order valence-electron chi connectivity index (χ3n) is 3.67. The molecule has 0 amide bonds. The van der Waals surface area contributed by atoms with Gasteiger partial charge in [-0.1, -0.05) is 18.2 Å². The molecule has 3 rings (SSSR count). The van der Waals surface area contributed by atoms with Crippen LogP contribution in [0.1, 0.15) is 19.4 Å². The van der Waals surface area contributed by atoms with Gasteiger partial charge in [-0.05, 0) is 44.2 Å². The molecular weight excluding hydrogens is 288 g/mol. The first-order chi connectivity index (χ1) is 11.1. The van der Waals surface area contributed by atoms with Gasteiger partial charge in [0.1, 0.15) is 5.75 Å². The van der Waals surface area contributed by atoms with Crippen LogP contribution in [0, 0.1) is 0 Å². The summed E-state index contributed by atoms with van der Waals surface area (Å²) in [6.07, 6.45) is 1.85. The van der Waals surface area contributed by atoms with Crippen molar-refractivity contribution < 1.29 is 9.84 Å². The maximum Gasteiger partial charge on any atom is 0.200 e. The molecule has 0 saturated heterocycles. The lowest BCUT2D eigenvalue weighted by molar-refractivity contribution is 0.242. The molecule has 4 nitrogen and oxygen atoms in total. The first-order valence-electron chi connectivity index (χ1n) is 7.63. The van der Waals surface area contributed by atoms with Crippen LogP contribution in [0.2, 0.25) is 0 Å². The molecule has 0 atom stereocenters. The highest BCUT2D eigenvalue weighted by Crippen LogP contribution is 2.29. The Bertz CT molecular complexity index is 846. The minimum Gasteiger partial charge on any atom is -0.494 e. The second kappa shape index (κ2) is 6.16. The number of aromatic hydroxyl groups is 1. The monoisotopic (exact) mass is 308 g/mol. The number of fused-ring (bicyclic) bond motifs is 1. The first-order valence-corrected chi connectivity index (χ1v) is 7.63. The molecule has 0 radical (unpaired) electrons. The molecule has 0 saturated carbocycles. The van der Waals surface area contributed by atoms with Crippen LogP contribution in [0.5, 0.6) is 11.6 Å². The number of hydrogen-bond donors (Lipinski definition) is 1. The van der Waals surface area contributed by atoms with Crippen LogP contribution in [0.3, 0.4) is 0 Å². The number of hydrogen-bond acceptors (Lipinski definition) is 3.